The molecule has 21 heavy (non-hydrogen) atoms. The second-order valence-corrected chi connectivity index (χ2v) is 5.72. The lowest BCUT2D eigenvalue weighted by molar-refractivity contribution is 0.0551. The maximum atomic E-state index is 12.6. The first-order valence-corrected chi connectivity index (χ1v) is 7.42. The van der Waals surface area contributed by atoms with Gasteiger partial charge in [-0.25, -0.2) is 0 Å². The zero-order valence-corrected chi connectivity index (χ0v) is 13.1. The zero-order chi connectivity index (χ0) is 15.4. The van der Waals surface area contributed by atoms with Crippen molar-refractivity contribution in [3.63, 3.8) is 0 Å². The van der Waals surface area contributed by atoms with E-state index in [1.807, 2.05) is 4.90 Å². The number of amides is 1. The molecule has 1 amide bonds. The van der Waals surface area contributed by atoms with Gasteiger partial charge in [0.1, 0.15) is 5.75 Å². The Morgan fingerprint density at radius 1 is 1.38 bits per heavy atom. The van der Waals surface area contributed by atoms with E-state index in [1.165, 1.54) is 7.11 Å². The van der Waals surface area contributed by atoms with Crippen LogP contribution in [0.3, 0.4) is 0 Å². The molecule has 0 bridgehead atoms. The van der Waals surface area contributed by atoms with Crippen LogP contribution >= 0.6 is 11.6 Å². The number of benzene rings is 1. The largest absolute Gasteiger partial charge is 0.496 e. The molecule has 1 fully saturated rings. The van der Waals surface area contributed by atoms with Gasteiger partial charge in [-0.1, -0.05) is 11.6 Å². The number of nitrogens with zero attached hydrogens (tertiary/aromatic N) is 2. The molecule has 2 rings (SSSR count). The molecule has 1 atom stereocenters. The van der Waals surface area contributed by atoms with Crippen LogP contribution in [0.2, 0.25) is 5.02 Å². The Bertz CT molecular complexity index is 500. The smallest absolute Gasteiger partial charge is 0.257 e. The van der Waals surface area contributed by atoms with E-state index >= 15 is 0 Å². The normalized spacial score (nSPS) is 17.6. The second-order valence-electron chi connectivity index (χ2n) is 5.29. The van der Waals surface area contributed by atoms with Crippen molar-refractivity contribution < 1.29 is 14.6 Å². The Morgan fingerprint density at radius 2 is 2.05 bits per heavy atom. The average Bonchev–Trinajstić information content (AvgIpc) is 2.46. The molecule has 1 aromatic carbocycles. The van der Waals surface area contributed by atoms with Gasteiger partial charge in [0.05, 0.1) is 18.8 Å². The minimum absolute atomic E-state index is 0.0415. The number of β-amino-alcohol motifs (C(OH)–C–C–N with tert-alkyl or cyclic N) is 1. The summed E-state index contributed by atoms with van der Waals surface area (Å²) >= 11 is 5.92. The fourth-order valence-electron chi connectivity index (χ4n) is 2.52. The van der Waals surface area contributed by atoms with Crippen LogP contribution in [0.25, 0.3) is 0 Å². The number of hydrogen-bond acceptors (Lipinski definition) is 4. The van der Waals surface area contributed by atoms with Gasteiger partial charge in [0.15, 0.2) is 0 Å². The molecular formula is C15H21ClN2O3. The summed E-state index contributed by atoms with van der Waals surface area (Å²) in [6.45, 7) is 5.26. The van der Waals surface area contributed by atoms with Crippen molar-refractivity contribution in [2.75, 3.05) is 39.8 Å². The number of rotatable bonds is 4. The quantitative estimate of drug-likeness (QED) is 0.915. The molecule has 116 valence electrons. The van der Waals surface area contributed by atoms with Crippen LogP contribution in [0.5, 0.6) is 5.75 Å². The van der Waals surface area contributed by atoms with Crippen LogP contribution in [-0.4, -0.2) is 66.8 Å². The van der Waals surface area contributed by atoms with Crippen LogP contribution in [0.15, 0.2) is 18.2 Å². The Balaban J connectivity index is 2.02. The number of aliphatic hydroxyl groups is 1. The third-order valence-corrected chi connectivity index (χ3v) is 3.81. The standard InChI is InChI=1S/C15H21ClN2O3/c1-11(19)10-17-5-7-18(8-6-17)15(20)13-4-3-12(16)9-14(13)21-2/h3-4,9,11,19H,5-8,10H2,1-2H3/t11-/m1/s1. The third-order valence-electron chi connectivity index (χ3n) is 3.58. The molecule has 6 heteroatoms. The highest BCUT2D eigenvalue weighted by Crippen LogP contribution is 2.24. The fourth-order valence-corrected chi connectivity index (χ4v) is 2.68. The number of carbonyl (C=O) groups is 1. The molecule has 1 aromatic rings. The van der Waals surface area contributed by atoms with Crippen LogP contribution in [0, 0.1) is 0 Å². The second kappa shape index (κ2) is 7.11. The summed E-state index contributed by atoms with van der Waals surface area (Å²) in [4.78, 5) is 16.5. The van der Waals surface area contributed by atoms with Crippen LogP contribution in [-0.2, 0) is 0 Å². The molecule has 0 unspecified atom stereocenters. The molecule has 1 heterocycles. The Kier molecular flexibility index (Phi) is 5.45. The fraction of sp³-hybridized carbons (Fsp3) is 0.533. The molecule has 1 N–H and O–H groups in total. The highest BCUT2D eigenvalue weighted by atomic mass is 35.5. The molecule has 5 nitrogen and oxygen atoms in total. The minimum atomic E-state index is -0.344. The van der Waals surface area contributed by atoms with E-state index in [2.05, 4.69) is 4.90 Å². The van der Waals surface area contributed by atoms with Crippen LogP contribution in [0.1, 0.15) is 17.3 Å². The number of methoxy groups -OCH3 is 1. The number of halogens is 1. The lowest BCUT2D eigenvalue weighted by atomic mass is 10.1. The Hall–Kier alpha value is -1.30. The molecule has 1 saturated heterocycles. The number of ether oxygens (including phenoxy) is 1. The maximum Gasteiger partial charge on any atom is 0.257 e. The summed E-state index contributed by atoms with van der Waals surface area (Å²) in [5.41, 5.74) is 0.533. The van der Waals surface area contributed by atoms with Crippen molar-refractivity contribution in [3.05, 3.63) is 28.8 Å². The number of carbonyl (C=O) groups excluding carboxylic acids is 1. The molecule has 0 radical (unpaired) electrons. The third kappa shape index (κ3) is 4.09. The van der Waals surface area contributed by atoms with E-state index in [-0.39, 0.29) is 12.0 Å². The molecule has 1 aliphatic rings. The molecular weight excluding hydrogens is 292 g/mol. The molecule has 0 aliphatic carbocycles. The molecule has 1 aliphatic heterocycles. The minimum Gasteiger partial charge on any atom is -0.496 e. The molecule has 0 spiro atoms. The van der Waals surface area contributed by atoms with Crippen LogP contribution < -0.4 is 4.74 Å². The van der Waals surface area contributed by atoms with Crippen LogP contribution in [0.4, 0.5) is 0 Å². The van der Waals surface area contributed by atoms with E-state index in [0.29, 0.717) is 36.0 Å². The van der Waals surface area contributed by atoms with Crippen molar-refractivity contribution in [1.82, 2.24) is 9.80 Å². The first-order valence-electron chi connectivity index (χ1n) is 7.04. The van der Waals surface area contributed by atoms with Crippen molar-refractivity contribution in [3.8, 4) is 5.75 Å². The summed E-state index contributed by atoms with van der Waals surface area (Å²) in [6, 6.07) is 5.05. The van der Waals surface area contributed by atoms with Crippen molar-refractivity contribution in [2.24, 2.45) is 0 Å². The summed E-state index contributed by atoms with van der Waals surface area (Å²) in [7, 11) is 1.53. The topological polar surface area (TPSA) is 53.0 Å². The van der Waals surface area contributed by atoms with Gasteiger partial charge in [0.25, 0.3) is 5.91 Å². The van der Waals surface area contributed by atoms with Gasteiger partial charge >= 0.3 is 0 Å². The van der Waals surface area contributed by atoms with Gasteiger partial charge in [-0.2, -0.15) is 0 Å². The van der Waals surface area contributed by atoms with E-state index in [4.69, 9.17) is 16.3 Å². The zero-order valence-electron chi connectivity index (χ0n) is 12.4. The first kappa shape index (κ1) is 16.1. The van der Waals surface area contributed by atoms with Crippen molar-refractivity contribution in [2.45, 2.75) is 13.0 Å². The Labute approximate surface area is 130 Å². The summed E-state index contributed by atoms with van der Waals surface area (Å²) in [5, 5.41) is 9.95. The lowest BCUT2D eigenvalue weighted by Crippen LogP contribution is -2.50. The average molecular weight is 313 g/mol. The number of aliphatic hydroxyl groups excluding tert-OH is 1. The maximum absolute atomic E-state index is 12.6. The number of hydrogen-bond donors (Lipinski definition) is 1. The lowest BCUT2D eigenvalue weighted by Gasteiger charge is -2.35. The van der Waals surface area contributed by atoms with Crippen molar-refractivity contribution >= 4 is 17.5 Å². The summed E-state index contributed by atoms with van der Waals surface area (Å²) in [5.74, 6) is 0.458. The highest BCUT2D eigenvalue weighted by Gasteiger charge is 2.24. The predicted molar refractivity (Wildman–Crippen MR) is 82.0 cm³/mol. The van der Waals surface area contributed by atoms with Gasteiger partial charge in [-0.05, 0) is 25.1 Å². The van der Waals surface area contributed by atoms with Crippen molar-refractivity contribution in [1.29, 1.82) is 0 Å². The summed E-state index contributed by atoms with van der Waals surface area (Å²) < 4.78 is 5.24. The number of piperazine rings is 1. The molecule has 0 saturated carbocycles. The van der Waals surface area contributed by atoms with E-state index in [1.54, 1.807) is 25.1 Å². The Morgan fingerprint density at radius 3 is 2.62 bits per heavy atom. The summed E-state index contributed by atoms with van der Waals surface area (Å²) in [6.07, 6.45) is -0.344. The van der Waals surface area contributed by atoms with Gasteiger partial charge in [0, 0.05) is 37.7 Å². The van der Waals surface area contributed by atoms with Gasteiger partial charge in [-0.15, -0.1) is 0 Å². The SMILES string of the molecule is COc1cc(Cl)ccc1C(=O)N1CCN(C[C@@H](C)O)CC1. The van der Waals surface area contributed by atoms with E-state index < -0.39 is 0 Å². The highest BCUT2D eigenvalue weighted by molar-refractivity contribution is 6.30. The van der Waals surface area contributed by atoms with Gasteiger partial charge < -0.3 is 14.7 Å². The monoisotopic (exact) mass is 312 g/mol. The van der Waals surface area contributed by atoms with Gasteiger partial charge in [-0.3, -0.25) is 9.69 Å². The predicted octanol–water partition coefficient (Wildman–Crippen LogP) is 1.49. The first-order chi connectivity index (χ1) is 10.0. The van der Waals surface area contributed by atoms with Gasteiger partial charge in [0.2, 0.25) is 0 Å². The van der Waals surface area contributed by atoms with E-state index in [0.717, 1.165) is 13.1 Å². The van der Waals surface area contributed by atoms with E-state index in [9.17, 15) is 9.90 Å². The molecule has 0 aromatic heterocycles.